The minimum atomic E-state index is -0.572. The predicted octanol–water partition coefficient (Wildman–Crippen LogP) is 5.03. The van der Waals surface area contributed by atoms with E-state index in [4.69, 9.17) is 14.7 Å². The van der Waals surface area contributed by atoms with E-state index in [9.17, 15) is 9.59 Å². The molecule has 0 aliphatic carbocycles. The van der Waals surface area contributed by atoms with Gasteiger partial charge in [0, 0.05) is 71.1 Å². The summed E-state index contributed by atoms with van der Waals surface area (Å²) in [6.45, 7) is 3.44. The molecule has 2 aromatic heterocycles. The molecule has 5 heterocycles. The first kappa shape index (κ1) is 28.3. The number of fused-ring (bicyclic) bond motifs is 3. The van der Waals surface area contributed by atoms with Crippen molar-refractivity contribution in [2.75, 3.05) is 44.3 Å². The largest absolute Gasteiger partial charge is 0.378 e. The highest BCUT2D eigenvalue weighted by atomic mass is 19.1. The molecule has 5 aromatic rings. The zero-order valence-electron chi connectivity index (χ0n) is 25.1. The minimum absolute atomic E-state index is 0.0153. The molecule has 3 aromatic carbocycles. The summed E-state index contributed by atoms with van der Waals surface area (Å²) >= 11 is 0. The van der Waals surface area contributed by atoms with Gasteiger partial charge in [-0.25, -0.2) is 14.4 Å². The third kappa shape index (κ3) is 5.04. The molecule has 230 valence electrons. The third-order valence-electron chi connectivity index (χ3n) is 9.06. The molecule has 0 bridgehead atoms. The van der Waals surface area contributed by atoms with E-state index in [1.54, 1.807) is 23.1 Å². The van der Waals surface area contributed by atoms with Crippen LogP contribution in [0.15, 0.2) is 77.9 Å². The van der Waals surface area contributed by atoms with Crippen LogP contribution in [-0.4, -0.2) is 76.6 Å². The molecule has 0 unspecified atom stereocenters. The fraction of sp³-hybridized carbons (Fsp3) is 0.250. The molecule has 0 atom stereocenters. The van der Waals surface area contributed by atoms with Crippen molar-refractivity contribution in [3.8, 4) is 11.4 Å². The number of aromatic amines is 1. The summed E-state index contributed by atoms with van der Waals surface area (Å²) < 4.78 is 20.9. The van der Waals surface area contributed by atoms with Crippen LogP contribution in [0.5, 0.6) is 0 Å². The highest BCUT2D eigenvalue weighted by molar-refractivity contribution is 6.15. The van der Waals surface area contributed by atoms with E-state index in [0.717, 1.165) is 63.5 Å². The third-order valence-corrected chi connectivity index (χ3v) is 9.06. The Kier molecular flexibility index (Phi) is 7.14. The summed E-state index contributed by atoms with van der Waals surface area (Å²) in [4.78, 5) is 48.1. The van der Waals surface area contributed by atoms with Crippen LogP contribution < -0.4 is 4.90 Å². The van der Waals surface area contributed by atoms with E-state index >= 15 is 4.39 Å². The van der Waals surface area contributed by atoms with Crippen molar-refractivity contribution >= 4 is 34.1 Å². The van der Waals surface area contributed by atoms with Crippen molar-refractivity contribution in [3.63, 3.8) is 0 Å². The second-order valence-corrected chi connectivity index (χ2v) is 11.8. The van der Waals surface area contributed by atoms with Crippen molar-refractivity contribution < 1.29 is 18.7 Å². The molecule has 1 amide bonds. The second kappa shape index (κ2) is 11.6. The fourth-order valence-corrected chi connectivity index (χ4v) is 6.70. The highest BCUT2D eigenvalue weighted by Gasteiger charge is 2.30. The average molecular weight is 615 g/mol. The number of nitrogens with one attached hydrogen (secondary N) is 1. The second-order valence-electron chi connectivity index (χ2n) is 11.8. The number of hydrogen-bond donors (Lipinski definition) is 1. The predicted molar refractivity (Wildman–Crippen MR) is 173 cm³/mol. The van der Waals surface area contributed by atoms with E-state index in [-0.39, 0.29) is 30.3 Å². The number of carbonyl (C=O) groups excluding carboxylic acids is 2. The number of ketones is 1. The number of carbonyl (C=O) groups is 2. The Morgan fingerprint density at radius 3 is 2.63 bits per heavy atom. The summed E-state index contributed by atoms with van der Waals surface area (Å²) in [5, 5.41) is 1.02. The number of aromatic nitrogens is 3. The smallest absolute Gasteiger partial charge is 0.257 e. The monoisotopic (exact) mass is 614 g/mol. The van der Waals surface area contributed by atoms with Gasteiger partial charge in [-0.3, -0.25) is 14.6 Å². The van der Waals surface area contributed by atoms with Gasteiger partial charge in [-0.1, -0.05) is 42.5 Å². The Labute approximate surface area is 264 Å². The van der Waals surface area contributed by atoms with Gasteiger partial charge in [-0.05, 0) is 36.2 Å². The minimum Gasteiger partial charge on any atom is -0.378 e. The van der Waals surface area contributed by atoms with Gasteiger partial charge in [0.25, 0.3) is 5.91 Å². The number of rotatable bonds is 5. The molecule has 3 aliphatic rings. The Balaban J connectivity index is 1.11. The maximum Gasteiger partial charge on any atom is 0.257 e. The standard InChI is InChI=1S/C36H31FN6O3/c37-29-9-8-22(19-31-23-4-1-2-5-25(23)33(44)20-39-31)18-28(29)36(45)43-13-11-27-32(21-43)40-34(41-35(27)42-14-16-46-17-15-42)26-6-3-7-30-24(26)10-12-38-30/h1-10,12,18,38H,11,13-17,19-21H2. The summed E-state index contributed by atoms with van der Waals surface area (Å²) in [7, 11) is 0. The van der Waals surface area contributed by atoms with Crippen LogP contribution in [0.3, 0.4) is 0 Å². The van der Waals surface area contributed by atoms with Crippen LogP contribution in [0.2, 0.25) is 0 Å². The van der Waals surface area contributed by atoms with Crippen LogP contribution in [0.4, 0.5) is 10.2 Å². The van der Waals surface area contributed by atoms with E-state index in [0.29, 0.717) is 44.0 Å². The average Bonchev–Trinajstić information content (AvgIpc) is 3.59. The Hall–Kier alpha value is -5.22. The first-order chi connectivity index (χ1) is 22.5. The molecule has 8 rings (SSSR count). The molecule has 1 fully saturated rings. The summed E-state index contributed by atoms with van der Waals surface area (Å²) in [6, 6.07) is 20.1. The van der Waals surface area contributed by atoms with Crippen LogP contribution in [0.1, 0.15) is 43.1 Å². The molecular weight excluding hydrogens is 583 g/mol. The van der Waals surface area contributed by atoms with Crippen molar-refractivity contribution in [1.82, 2.24) is 19.9 Å². The van der Waals surface area contributed by atoms with Crippen LogP contribution in [-0.2, 0) is 24.1 Å². The molecule has 1 saturated heterocycles. The van der Waals surface area contributed by atoms with E-state index < -0.39 is 5.82 Å². The lowest BCUT2D eigenvalue weighted by atomic mass is 9.92. The van der Waals surface area contributed by atoms with E-state index in [2.05, 4.69) is 14.9 Å². The summed E-state index contributed by atoms with van der Waals surface area (Å²) in [5.74, 6) is 0.500. The molecule has 1 N–H and O–H groups in total. The van der Waals surface area contributed by atoms with Gasteiger partial charge in [0.2, 0.25) is 0 Å². The van der Waals surface area contributed by atoms with Crippen molar-refractivity contribution in [2.24, 2.45) is 4.99 Å². The van der Waals surface area contributed by atoms with Crippen molar-refractivity contribution in [3.05, 3.63) is 112 Å². The van der Waals surface area contributed by atoms with Crippen LogP contribution in [0, 0.1) is 5.82 Å². The molecule has 3 aliphatic heterocycles. The number of nitrogens with zero attached hydrogens (tertiary/aromatic N) is 5. The zero-order chi connectivity index (χ0) is 31.2. The van der Waals surface area contributed by atoms with Gasteiger partial charge in [0.15, 0.2) is 11.6 Å². The number of benzene rings is 3. The molecule has 10 heteroatoms. The lowest BCUT2D eigenvalue weighted by molar-refractivity contribution is 0.0726. The molecule has 9 nitrogen and oxygen atoms in total. The molecule has 0 radical (unpaired) electrons. The summed E-state index contributed by atoms with van der Waals surface area (Å²) in [6.07, 6.45) is 2.85. The highest BCUT2D eigenvalue weighted by Crippen LogP contribution is 2.33. The van der Waals surface area contributed by atoms with E-state index in [1.807, 2.05) is 48.7 Å². The number of halogens is 1. The maximum atomic E-state index is 15.3. The van der Waals surface area contributed by atoms with Crippen molar-refractivity contribution in [2.45, 2.75) is 19.4 Å². The Bertz CT molecular complexity index is 2050. The Morgan fingerprint density at radius 1 is 0.935 bits per heavy atom. The SMILES string of the molecule is O=C1CN=C(Cc2ccc(F)c(C(=O)N3CCc4c(nc(-c5cccc6[nH]ccc56)nc4N4CCOCC4)C3)c2)c2ccccc21. The maximum absolute atomic E-state index is 15.3. The van der Waals surface area contributed by atoms with Crippen LogP contribution in [0.25, 0.3) is 22.3 Å². The number of anilines is 1. The summed E-state index contributed by atoms with van der Waals surface area (Å²) in [5.41, 5.74) is 6.64. The lowest BCUT2D eigenvalue weighted by Gasteiger charge is -2.34. The molecule has 46 heavy (non-hydrogen) atoms. The van der Waals surface area contributed by atoms with Crippen LogP contribution >= 0.6 is 0 Å². The quantitative estimate of drug-likeness (QED) is 0.298. The normalized spacial score (nSPS) is 16.3. The number of hydrogen-bond acceptors (Lipinski definition) is 7. The Morgan fingerprint density at radius 2 is 1.76 bits per heavy atom. The molecular formula is C36H31FN6O3. The topological polar surface area (TPSA) is 104 Å². The van der Waals surface area contributed by atoms with Gasteiger partial charge in [-0.15, -0.1) is 0 Å². The van der Waals surface area contributed by atoms with Gasteiger partial charge in [0.1, 0.15) is 18.2 Å². The molecule has 0 spiro atoms. The first-order valence-electron chi connectivity index (χ1n) is 15.6. The molecule has 0 saturated carbocycles. The van der Waals surface area contributed by atoms with Crippen molar-refractivity contribution in [1.29, 1.82) is 0 Å². The number of amides is 1. The lowest BCUT2D eigenvalue weighted by Crippen LogP contribution is -2.41. The van der Waals surface area contributed by atoms with E-state index in [1.165, 1.54) is 6.07 Å². The first-order valence-corrected chi connectivity index (χ1v) is 15.6. The number of H-pyrrole nitrogens is 1. The number of ether oxygens (including phenoxy) is 1. The number of aliphatic imine (C=N–C) groups is 1. The number of Topliss-reactive ketones (excluding diaryl/α,β-unsaturated/α-hetero) is 1. The zero-order valence-corrected chi connectivity index (χ0v) is 25.1. The van der Waals surface area contributed by atoms with Gasteiger partial charge in [0.05, 0.1) is 31.0 Å². The fourth-order valence-electron chi connectivity index (χ4n) is 6.70. The number of morpholine rings is 1. The van der Waals surface area contributed by atoms with Gasteiger partial charge in [-0.2, -0.15) is 0 Å². The van der Waals surface area contributed by atoms with Gasteiger partial charge < -0.3 is 19.5 Å². The van der Waals surface area contributed by atoms with Gasteiger partial charge >= 0.3 is 0 Å².